The molecule has 1 heterocycles. The van der Waals surface area contributed by atoms with Gasteiger partial charge in [-0.1, -0.05) is 194 Å². The maximum Gasteiger partial charge on any atom is 0.0625 e. The van der Waals surface area contributed by atoms with Crippen molar-refractivity contribution in [1.82, 2.24) is 4.57 Å². The SMILES string of the molecule is c1ccc(-c2ccc(N(c3ccc(-c4ccccc4)cc3)c3cccc4c3-c3ccccc3-c3ccccc3-c3ccc5c6ccccc6n(-c6ccccc6)c5c3-4)cc2)cc1. The monoisotopic (exact) mass is 788 g/mol. The number of aromatic nitrogens is 1. The van der Waals surface area contributed by atoms with Crippen LogP contribution in [0.4, 0.5) is 17.1 Å². The zero-order valence-corrected chi connectivity index (χ0v) is 34.0. The molecule has 2 heteroatoms. The average molecular weight is 789 g/mol. The number of rotatable bonds is 6. The smallest absolute Gasteiger partial charge is 0.0625 e. The van der Waals surface area contributed by atoms with Gasteiger partial charge in [0.15, 0.2) is 0 Å². The molecule has 0 spiro atoms. The van der Waals surface area contributed by atoms with Gasteiger partial charge in [0, 0.05) is 39.0 Å². The largest absolute Gasteiger partial charge is 0.310 e. The van der Waals surface area contributed by atoms with E-state index in [0.29, 0.717) is 0 Å². The van der Waals surface area contributed by atoms with Crippen molar-refractivity contribution in [3.63, 3.8) is 0 Å². The first-order chi connectivity index (χ1) is 30.8. The van der Waals surface area contributed by atoms with E-state index in [4.69, 9.17) is 0 Å². The Labute approximate surface area is 361 Å². The molecule has 0 atom stereocenters. The van der Waals surface area contributed by atoms with Crippen molar-refractivity contribution >= 4 is 38.9 Å². The second-order valence-electron chi connectivity index (χ2n) is 16.0. The van der Waals surface area contributed by atoms with E-state index < -0.39 is 0 Å². The van der Waals surface area contributed by atoms with Crippen molar-refractivity contribution in [3.8, 4) is 72.4 Å². The highest BCUT2D eigenvalue weighted by molar-refractivity contribution is 6.20. The third kappa shape index (κ3) is 5.80. The van der Waals surface area contributed by atoms with Crippen LogP contribution in [-0.4, -0.2) is 4.57 Å². The lowest BCUT2D eigenvalue weighted by molar-refractivity contribution is 1.18. The summed E-state index contributed by atoms with van der Waals surface area (Å²) in [6.45, 7) is 0. The number of nitrogens with zero attached hydrogens (tertiary/aromatic N) is 2. The molecule has 0 saturated heterocycles. The predicted octanol–water partition coefficient (Wildman–Crippen LogP) is 16.6. The molecule has 290 valence electrons. The quantitative estimate of drug-likeness (QED) is 0.163. The summed E-state index contributed by atoms with van der Waals surface area (Å²) in [6, 6.07) is 88.7. The molecule has 1 aliphatic carbocycles. The molecule has 1 aromatic heterocycles. The predicted molar refractivity (Wildman–Crippen MR) is 262 cm³/mol. The fraction of sp³-hybridized carbons (Fsp3) is 0. The van der Waals surface area contributed by atoms with Crippen LogP contribution in [0.5, 0.6) is 0 Å². The Hall–Kier alpha value is -8.20. The van der Waals surface area contributed by atoms with Gasteiger partial charge < -0.3 is 9.47 Å². The molecule has 0 radical (unpaired) electrons. The normalized spacial score (nSPS) is 11.5. The van der Waals surface area contributed by atoms with Crippen molar-refractivity contribution in [3.05, 3.63) is 243 Å². The highest BCUT2D eigenvalue weighted by Crippen LogP contribution is 2.55. The molecule has 0 N–H and O–H groups in total. The Morgan fingerprint density at radius 3 is 1.35 bits per heavy atom. The van der Waals surface area contributed by atoms with Crippen LogP contribution in [0.15, 0.2) is 243 Å². The minimum atomic E-state index is 1.09. The number of fused-ring (bicyclic) bond motifs is 12. The maximum absolute atomic E-state index is 2.48. The van der Waals surface area contributed by atoms with Crippen LogP contribution in [0, 0.1) is 0 Å². The van der Waals surface area contributed by atoms with E-state index in [9.17, 15) is 0 Å². The van der Waals surface area contributed by atoms with Gasteiger partial charge in [0.2, 0.25) is 0 Å². The molecule has 0 unspecified atom stereocenters. The van der Waals surface area contributed by atoms with Crippen molar-refractivity contribution < 1.29 is 0 Å². The van der Waals surface area contributed by atoms with E-state index in [2.05, 4.69) is 252 Å². The summed E-state index contributed by atoms with van der Waals surface area (Å²) in [5.41, 5.74) is 21.3. The molecular weight excluding hydrogens is 749 g/mol. The summed E-state index contributed by atoms with van der Waals surface area (Å²) in [5.74, 6) is 0. The highest BCUT2D eigenvalue weighted by Gasteiger charge is 2.30. The molecule has 62 heavy (non-hydrogen) atoms. The fourth-order valence-electron chi connectivity index (χ4n) is 9.80. The topological polar surface area (TPSA) is 8.17 Å². The fourth-order valence-corrected chi connectivity index (χ4v) is 9.80. The molecule has 0 saturated carbocycles. The number of para-hydroxylation sites is 2. The lowest BCUT2D eigenvalue weighted by Gasteiger charge is -2.32. The second-order valence-corrected chi connectivity index (χ2v) is 16.0. The molecule has 2 nitrogen and oxygen atoms in total. The third-order valence-corrected chi connectivity index (χ3v) is 12.6. The van der Waals surface area contributed by atoms with Crippen LogP contribution in [0.3, 0.4) is 0 Å². The Balaban J connectivity index is 1.19. The van der Waals surface area contributed by atoms with Gasteiger partial charge in [0.1, 0.15) is 0 Å². The molecule has 0 fully saturated rings. The summed E-state index contributed by atoms with van der Waals surface area (Å²) < 4.78 is 2.48. The summed E-state index contributed by atoms with van der Waals surface area (Å²) >= 11 is 0. The second kappa shape index (κ2) is 14.8. The number of benzene rings is 10. The molecule has 0 bridgehead atoms. The molecule has 12 rings (SSSR count). The van der Waals surface area contributed by atoms with Gasteiger partial charge in [-0.05, 0) is 104 Å². The minimum Gasteiger partial charge on any atom is -0.310 e. The first kappa shape index (κ1) is 35.7. The van der Waals surface area contributed by atoms with Gasteiger partial charge in [0.25, 0.3) is 0 Å². The standard InChI is InChI=1S/C60H40N2/c1-4-17-41(18-5-1)43-31-35-46(36-32-43)61(47-37-33-44(34-38-47)42-19-6-2-7-20-42)57-30-16-28-55-58(57)52-27-13-12-24-49(52)48-23-10-11-25-50(48)53-39-40-54-51-26-14-15-29-56(51)62(60(54)59(53)55)45-21-8-3-9-22-45/h1-40H. The Bertz CT molecular complexity index is 3340. The Morgan fingerprint density at radius 1 is 0.274 bits per heavy atom. The van der Waals surface area contributed by atoms with E-state index in [1.54, 1.807) is 0 Å². The highest BCUT2D eigenvalue weighted by atomic mass is 15.1. The van der Waals surface area contributed by atoms with Crippen LogP contribution in [-0.2, 0) is 0 Å². The molecule has 11 aromatic rings. The van der Waals surface area contributed by atoms with Gasteiger partial charge in [0.05, 0.1) is 16.7 Å². The van der Waals surface area contributed by atoms with Crippen LogP contribution in [0.25, 0.3) is 94.3 Å². The summed E-state index contributed by atoms with van der Waals surface area (Å²) in [6.07, 6.45) is 0. The number of hydrogen-bond donors (Lipinski definition) is 0. The van der Waals surface area contributed by atoms with Crippen molar-refractivity contribution in [1.29, 1.82) is 0 Å². The van der Waals surface area contributed by atoms with Crippen LogP contribution in [0.2, 0.25) is 0 Å². The Morgan fingerprint density at radius 2 is 0.742 bits per heavy atom. The molecule has 0 aliphatic heterocycles. The third-order valence-electron chi connectivity index (χ3n) is 12.6. The first-order valence-electron chi connectivity index (χ1n) is 21.4. The van der Waals surface area contributed by atoms with E-state index in [1.807, 2.05) is 0 Å². The van der Waals surface area contributed by atoms with Crippen molar-refractivity contribution in [2.45, 2.75) is 0 Å². The van der Waals surface area contributed by atoms with Crippen molar-refractivity contribution in [2.75, 3.05) is 4.90 Å². The lowest BCUT2D eigenvalue weighted by Crippen LogP contribution is -2.12. The molecule has 1 aliphatic rings. The lowest BCUT2D eigenvalue weighted by atomic mass is 9.79. The van der Waals surface area contributed by atoms with E-state index in [0.717, 1.165) is 22.7 Å². The van der Waals surface area contributed by atoms with Gasteiger partial charge in [-0.25, -0.2) is 0 Å². The first-order valence-corrected chi connectivity index (χ1v) is 21.4. The zero-order chi connectivity index (χ0) is 41.0. The zero-order valence-electron chi connectivity index (χ0n) is 34.0. The van der Waals surface area contributed by atoms with Crippen LogP contribution < -0.4 is 4.90 Å². The average Bonchev–Trinajstić information content (AvgIpc) is 3.69. The van der Waals surface area contributed by atoms with Crippen molar-refractivity contribution in [2.24, 2.45) is 0 Å². The molecular formula is C60H40N2. The Kier molecular flexibility index (Phi) is 8.53. The van der Waals surface area contributed by atoms with Gasteiger partial charge in [-0.15, -0.1) is 0 Å². The summed E-state index contributed by atoms with van der Waals surface area (Å²) in [5, 5.41) is 2.47. The number of anilines is 3. The van der Waals surface area contributed by atoms with Gasteiger partial charge in [-0.2, -0.15) is 0 Å². The van der Waals surface area contributed by atoms with Crippen LogP contribution >= 0.6 is 0 Å². The van der Waals surface area contributed by atoms with E-state index in [-0.39, 0.29) is 0 Å². The van der Waals surface area contributed by atoms with E-state index in [1.165, 1.54) is 88.6 Å². The minimum absolute atomic E-state index is 1.09. The van der Waals surface area contributed by atoms with Gasteiger partial charge >= 0.3 is 0 Å². The van der Waals surface area contributed by atoms with E-state index >= 15 is 0 Å². The van der Waals surface area contributed by atoms with Gasteiger partial charge in [-0.3, -0.25) is 0 Å². The number of hydrogen-bond acceptors (Lipinski definition) is 1. The summed E-state index contributed by atoms with van der Waals surface area (Å²) in [4.78, 5) is 2.46. The van der Waals surface area contributed by atoms with Crippen LogP contribution in [0.1, 0.15) is 0 Å². The summed E-state index contributed by atoms with van der Waals surface area (Å²) in [7, 11) is 0. The molecule has 0 amide bonds. The maximum atomic E-state index is 2.48. The molecule has 10 aromatic carbocycles.